The normalized spacial score (nSPS) is 26.3. The quantitative estimate of drug-likeness (QED) is 0.339. The fourth-order valence-corrected chi connectivity index (χ4v) is 4.66. The lowest BCUT2D eigenvalue weighted by Gasteiger charge is -2.68. The van der Waals surface area contributed by atoms with E-state index < -0.39 is 47.1 Å². The molecule has 1 heterocycles. The summed E-state index contributed by atoms with van der Waals surface area (Å²) in [5.74, 6) is -1.41. The highest BCUT2D eigenvalue weighted by atomic mass is 19.4. The summed E-state index contributed by atoms with van der Waals surface area (Å²) in [5.41, 5.74) is -0.369. The van der Waals surface area contributed by atoms with Crippen LogP contribution in [0, 0.1) is 0 Å². The molecule has 0 bridgehead atoms. The number of piperazine rings is 1. The number of rotatable bonds is 1. The maximum absolute atomic E-state index is 12.8. The molecule has 0 spiro atoms. The van der Waals surface area contributed by atoms with Gasteiger partial charge in [-0.15, -0.1) is 0 Å². The van der Waals surface area contributed by atoms with Gasteiger partial charge in [-0.25, -0.2) is 4.79 Å². The SMILES string of the molecule is BC1N(C(=O)OC(C(F)(F)F)C(F)(F)F)C(B)C(B)(B)N(C(C)(C)C)C1(B)B. The molecule has 0 N–H and O–H groups in total. The third kappa shape index (κ3) is 4.51. The average Bonchev–Trinajstić information content (AvgIpc) is 2.38. The molecule has 1 aliphatic heterocycles. The average molecular weight is 407 g/mol. The summed E-state index contributed by atoms with van der Waals surface area (Å²) in [6.45, 7) is 5.90. The van der Waals surface area contributed by atoms with E-state index in [4.69, 9.17) is 0 Å². The van der Waals surface area contributed by atoms with Gasteiger partial charge >= 0.3 is 18.4 Å². The van der Waals surface area contributed by atoms with Crippen molar-refractivity contribution in [3.8, 4) is 0 Å². The van der Waals surface area contributed by atoms with Crippen LogP contribution in [0.1, 0.15) is 20.8 Å². The molecule has 2 unspecified atom stereocenters. The van der Waals surface area contributed by atoms with Gasteiger partial charge in [0.05, 0.1) is 0 Å². The van der Waals surface area contributed by atoms with Crippen molar-refractivity contribution < 1.29 is 35.9 Å². The Balaban J connectivity index is 3.37. The molecule has 1 amide bonds. The van der Waals surface area contributed by atoms with E-state index in [2.05, 4.69) is 9.64 Å². The van der Waals surface area contributed by atoms with Gasteiger partial charge in [0.15, 0.2) is 0 Å². The Hall–Kier alpha value is -0.800. The number of amides is 1. The van der Waals surface area contributed by atoms with Crippen molar-refractivity contribution in [1.29, 1.82) is 0 Å². The predicted octanol–water partition coefficient (Wildman–Crippen LogP) is -3.21. The molecule has 28 heavy (non-hydrogen) atoms. The van der Waals surface area contributed by atoms with Gasteiger partial charge in [-0.05, 0) is 31.4 Å². The van der Waals surface area contributed by atoms with Gasteiger partial charge < -0.3 is 14.5 Å². The minimum absolute atomic E-state index is 0.369. The second-order valence-corrected chi connectivity index (χ2v) is 9.42. The van der Waals surface area contributed by atoms with Crippen molar-refractivity contribution in [2.45, 2.75) is 67.3 Å². The summed E-state index contributed by atoms with van der Waals surface area (Å²) >= 11 is 0. The second kappa shape index (κ2) is 7.16. The number of carbonyl (C=O) groups excluding carboxylic acids is 1. The van der Waals surface area contributed by atoms with Crippen LogP contribution in [0.25, 0.3) is 0 Å². The lowest BCUT2D eigenvalue weighted by Crippen LogP contribution is -2.85. The molecule has 154 valence electrons. The van der Waals surface area contributed by atoms with Crippen molar-refractivity contribution in [2.24, 2.45) is 0 Å². The van der Waals surface area contributed by atoms with E-state index >= 15 is 0 Å². The van der Waals surface area contributed by atoms with Crippen molar-refractivity contribution in [2.75, 3.05) is 0 Å². The van der Waals surface area contributed by atoms with Crippen LogP contribution < -0.4 is 0 Å². The summed E-state index contributed by atoms with van der Waals surface area (Å²) in [7, 11) is 10.4. The van der Waals surface area contributed by atoms with Gasteiger partial charge in [0.25, 0.3) is 6.10 Å². The van der Waals surface area contributed by atoms with Crippen LogP contribution in [0.5, 0.6) is 0 Å². The first-order valence-electron chi connectivity index (χ1n) is 9.00. The Kier molecular flexibility index (Phi) is 6.45. The molecule has 16 heteroatoms. The van der Waals surface area contributed by atoms with E-state index in [-0.39, 0.29) is 5.54 Å². The van der Waals surface area contributed by atoms with Crippen LogP contribution in [-0.2, 0) is 4.74 Å². The minimum Gasteiger partial charge on any atom is -0.426 e. The Morgan fingerprint density at radius 3 is 1.46 bits per heavy atom. The zero-order valence-electron chi connectivity index (χ0n) is 17.7. The third-order valence-corrected chi connectivity index (χ3v) is 5.73. The maximum Gasteiger partial charge on any atom is 0.434 e. The first kappa shape index (κ1) is 25.2. The largest absolute Gasteiger partial charge is 0.434 e. The number of halogens is 6. The van der Waals surface area contributed by atoms with Crippen LogP contribution in [0.15, 0.2) is 0 Å². The van der Waals surface area contributed by atoms with E-state index in [9.17, 15) is 31.1 Å². The van der Waals surface area contributed by atoms with Gasteiger partial charge in [0.1, 0.15) is 47.1 Å². The summed E-state index contributed by atoms with van der Waals surface area (Å²) < 4.78 is 81.0. The molecule has 0 aliphatic carbocycles. The van der Waals surface area contributed by atoms with Crippen LogP contribution in [0.4, 0.5) is 31.1 Å². The van der Waals surface area contributed by atoms with Crippen LogP contribution >= 0.6 is 0 Å². The van der Waals surface area contributed by atoms with E-state index in [1.807, 2.05) is 52.2 Å². The fourth-order valence-electron chi connectivity index (χ4n) is 4.66. The number of hydrogen-bond donors (Lipinski definition) is 0. The Labute approximate surface area is 166 Å². The summed E-state index contributed by atoms with van der Waals surface area (Å²) in [5, 5.41) is -1.50. The Morgan fingerprint density at radius 2 is 1.21 bits per heavy atom. The van der Waals surface area contributed by atoms with Crippen molar-refractivity contribution in [1.82, 2.24) is 9.80 Å². The standard InChI is InChI=1S/C12H24B6F6N2O2/c1-8(2,3)26-9(15,16)5(13)25(6(14)10(26,17)18)7(27)28-4(11(19,20)21)12(22,23)24/h4-6H,13-18H2,1-3H3. The number of nitrogens with zero attached hydrogens (tertiary/aromatic N) is 2. The number of alkyl halides is 6. The van der Waals surface area contributed by atoms with E-state index in [1.165, 1.54) is 0 Å². The zero-order valence-corrected chi connectivity index (χ0v) is 17.7. The smallest absolute Gasteiger partial charge is 0.426 e. The van der Waals surface area contributed by atoms with E-state index in [0.29, 0.717) is 0 Å². The number of ether oxygens (including phenoxy) is 1. The summed E-state index contributed by atoms with van der Waals surface area (Å²) in [6, 6.07) is 0. The molecule has 0 aromatic rings. The molecule has 1 saturated heterocycles. The van der Waals surface area contributed by atoms with Crippen LogP contribution in [-0.4, -0.2) is 110 Å². The lowest BCUT2D eigenvalue weighted by atomic mass is 9.40. The Morgan fingerprint density at radius 1 is 0.893 bits per heavy atom. The molecule has 1 aliphatic rings. The van der Waals surface area contributed by atoms with Crippen LogP contribution in [0.3, 0.4) is 0 Å². The monoisotopic (exact) mass is 408 g/mol. The van der Waals surface area contributed by atoms with Crippen molar-refractivity contribution in [3.05, 3.63) is 0 Å². The topological polar surface area (TPSA) is 32.8 Å². The van der Waals surface area contributed by atoms with Crippen LogP contribution in [0.2, 0.25) is 0 Å². The lowest BCUT2D eigenvalue weighted by molar-refractivity contribution is -0.309. The first-order chi connectivity index (χ1) is 12.1. The highest BCUT2D eigenvalue weighted by Gasteiger charge is 2.62. The fraction of sp³-hybridized carbons (Fsp3) is 0.917. The first-order valence-corrected chi connectivity index (χ1v) is 9.00. The number of hydrogen-bond acceptors (Lipinski definition) is 3. The molecule has 1 fully saturated rings. The molecule has 0 saturated carbocycles. The van der Waals surface area contributed by atoms with Crippen molar-refractivity contribution >= 4 is 53.2 Å². The minimum atomic E-state index is -5.75. The summed E-state index contributed by atoms with van der Waals surface area (Å²) in [4.78, 5) is 15.7. The highest BCUT2D eigenvalue weighted by molar-refractivity contribution is 6.49. The maximum atomic E-state index is 12.8. The third-order valence-electron chi connectivity index (χ3n) is 5.73. The molecule has 0 radical (unpaired) electrons. The van der Waals surface area contributed by atoms with E-state index in [0.717, 1.165) is 4.90 Å². The predicted molar refractivity (Wildman–Crippen MR) is 110 cm³/mol. The van der Waals surface area contributed by atoms with Gasteiger partial charge in [-0.1, -0.05) is 0 Å². The molecule has 2 atom stereocenters. The van der Waals surface area contributed by atoms with Gasteiger partial charge in [0.2, 0.25) is 0 Å². The van der Waals surface area contributed by atoms with Gasteiger partial charge in [-0.2, -0.15) is 26.3 Å². The Bertz CT molecular complexity index is 573. The summed E-state index contributed by atoms with van der Waals surface area (Å²) in [6.07, 6.45) is -17.3. The zero-order chi connectivity index (χ0) is 22.7. The molecule has 0 aromatic heterocycles. The van der Waals surface area contributed by atoms with Crippen molar-refractivity contribution in [3.63, 3.8) is 0 Å². The molecular weight excluding hydrogens is 383 g/mol. The number of carbonyl (C=O) groups is 1. The molecule has 0 aromatic carbocycles. The molecule has 1 rings (SSSR count). The van der Waals surface area contributed by atoms with E-state index in [1.54, 1.807) is 15.7 Å². The molecule has 4 nitrogen and oxygen atoms in total. The van der Waals surface area contributed by atoms with Gasteiger partial charge in [0, 0.05) is 17.4 Å². The highest BCUT2D eigenvalue weighted by Crippen LogP contribution is 2.40. The molecular formula is C12H24B6F6N2O2. The second-order valence-electron chi connectivity index (χ2n) is 9.42. The van der Waals surface area contributed by atoms with Gasteiger partial charge in [-0.3, -0.25) is 0 Å².